The number of rotatable bonds is 2. The Hall–Kier alpha value is -2.77. The zero-order valence-corrected chi connectivity index (χ0v) is 13.0. The van der Waals surface area contributed by atoms with Gasteiger partial charge in [-0.1, -0.05) is 12.1 Å². The highest BCUT2D eigenvalue weighted by Gasteiger charge is 2.36. The molecule has 0 radical (unpaired) electrons. The third kappa shape index (κ3) is 2.88. The molecule has 1 aromatic carbocycles. The Morgan fingerprint density at radius 3 is 2.88 bits per heavy atom. The highest BCUT2D eigenvalue weighted by Crippen LogP contribution is 2.41. The summed E-state index contributed by atoms with van der Waals surface area (Å²) in [6.07, 6.45) is -1.28. The standard InChI is InChI=1S/C17H14F3N3O2/c18-17(19,20)25-11-4-1-3-10(9-11)16-15-12(5-2-6-13(15)24)22-14-7-8-21-23(14)16/h1,3-4,7-9,16,22H,2,5-6H2. The molecule has 2 heterocycles. The van der Waals surface area contributed by atoms with E-state index in [2.05, 4.69) is 15.2 Å². The number of allylic oxidation sites excluding steroid dienone is 2. The maximum absolute atomic E-state index is 12.5. The summed E-state index contributed by atoms with van der Waals surface area (Å²) in [6, 6.07) is 6.91. The number of halogens is 3. The van der Waals surface area contributed by atoms with Gasteiger partial charge in [0.15, 0.2) is 5.78 Å². The largest absolute Gasteiger partial charge is 0.573 e. The van der Waals surface area contributed by atoms with Crippen molar-refractivity contribution in [2.75, 3.05) is 5.32 Å². The van der Waals surface area contributed by atoms with Crippen molar-refractivity contribution in [2.45, 2.75) is 31.7 Å². The van der Waals surface area contributed by atoms with E-state index in [0.29, 0.717) is 23.4 Å². The number of nitrogens with one attached hydrogen (secondary N) is 1. The maximum atomic E-state index is 12.5. The zero-order valence-electron chi connectivity index (χ0n) is 13.0. The molecule has 0 amide bonds. The van der Waals surface area contributed by atoms with E-state index in [1.807, 2.05) is 0 Å². The first-order valence-electron chi connectivity index (χ1n) is 7.85. The first-order chi connectivity index (χ1) is 11.9. The minimum absolute atomic E-state index is 0.0120. The van der Waals surface area contributed by atoms with Gasteiger partial charge in [0.2, 0.25) is 0 Å². The monoisotopic (exact) mass is 349 g/mol. The lowest BCUT2D eigenvalue weighted by Gasteiger charge is -2.33. The van der Waals surface area contributed by atoms with Gasteiger partial charge in [0.1, 0.15) is 17.6 Å². The Morgan fingerprint density at radius 1 is 1.24 bits per heavy atom. The summed E-state index contributed by atoms with van der Waals surface area (Å²) in [7, 11) is 0. The normalized spacial score (nSPS) is 20.0. The van der Waals surface area contributed by atoms with Crippen LogP contribution in [-0.4, -0.2) is 21.9 Å². The molecular formula is C17H14F3N3O2. The van der Waals surface area contributed by atoms with Gasteiger partial charge in [-0.3, -0.25) is 4.79 Å². The molecule has 0 bridgehead atoms. The topological polar surface area (TPSA) is 56.2 Å². The predicted molar refractivity (Wildman–Crippen MR) is 83.0 cm³/mol. The van der Waals surface area contributed by atoms with Crippen molar-refractivity contribution in [2.24, 2.45) is 0 Å². The molecule has 1 aliphatic carbocycles. The van der Waals surface area contributed by atoms with E-state index < -0.39 is 12.4 Å². The van der Waals surface area contributed by atoms with Gasteiger partial charge in [-0.15, -0.1) is 13.2 Å². The van der Waals surface area contributed by atoms with E-state index in [0.717, 1.165) is 18.5 Å². The van der Waals surface area contributed by atoms with Crippen LogP contribution < -0.4 is 10.1 Å². The minimum Gasteiger partial charge on any atom is -0.406 e. The molecule has 1 unspecified atom stereocenters. The van der Waals surface area contributed by atoms with Crippen molar-refractivity contribution in [1.82, 2.24) is 9.78 Å². The number of ketones is 1. The number of Topliss-reactive ketones (excluding diaryl/α,β-unsaturated/α-hetero) is 1. The Kier molecular flexibility index (Phi) is 3.55. The number of nitrogens with zero attached hydrogens (tertiary/aromatic N) is 2. The molecule has 130 valence electrons. The number of carbonyl (C=O) groups excluding carboxylic acids is 1. The summed E-state index contributed by atoms with van der Waals surface area (Å²) in [5.74, 6) is 0.380. The van der Waals surface area contributed by atoms with Gasteiger partial charge < -0.3 is 10.1 Å². The Balaban J connectivity index is 1.81. The molecule has 1 aliphatic heterocycles. The first-order valence-corrected chi connectivity index (χ1v) is 7.85. The number of anilines is 1. The van der Waals surface area contributed by atoms with Crippen LogP contribution in [0.2, 0.25) is 0 Å². The number of benzene rings is 1. The van der Waals surface area contributed by atoms with Crippen LogP contribution in [0.3, 0.4) is 0 Å². The molecule has 0 saturated carbocycles. The summed E-state index contributed by atoms with van der Waals surface area (Å²) in [4.78, 5) is 12.5. The Morgan fingerprint density at radius 2 is 2.08 bits per heavy atom. The lowest BCUT2D eigenvalue weighted by molar-refractivity contribution is -0.274. The number of alkyl halides is 3. The fourth-order valence-electron chi connectivity index (χ4n) is 3.40. The smallest absolute Gasteiger partial charge is 0.406 e. The van der Waals surface area contributed by atoms with Gasteiger partial charge in [0.25, 0.3) is 0 Å². The van der Waals surface area contributed by atoms with E-state index in [1.54, 1.807) is 23.0 Å². The van der Waals surface area contributed by atoms with E-state index in [1.165, 1.54) is 18.2 Å². The second-order valence-corrected chi connectivity index (χ2v) is 5.98. The molecule has 1 atom stereocenters. The second-order valence-electron chi connectivity index (χ2n) is 5.98. The van der Waals surface area contributed by atoms with Crippen molar-refractivity contribution in [3.8, 4) is 5.75 Å². The Bertz CT molecular complexity index is 870. The third-order valence-electron chi connectivity index (χ3n) is 4.33. The molecule has 1 N–H and O–H groups in total. The molecule has 25 heavy (non-hydrogen) atoms. The van der Waals surface area contributed by atoms with Gasteiger partial charge in [-0.05, 0) is 30.5 Å². The van der Waals surface area contributed by atoms with Crippen LogP contribution in [0, 0.1) is 0 Å². The quantitative estimate of drug-likeness (QED) is 0.896. The number of fused-ring (bicyclic) bond motifs is 1. The highest BCUT2D eigenvalue weighted by molar-refractivity contribution is 5.99. The van der Waals surface area contributed by atoms with Crippen molar-refractivity contribution < 1.29 is 22.7 Å². The van der Waals surface area contributed by atoms with Crippen LogP contribution in [0.1, 0.15) is 30.9 Å². The average Bonchev–Trinajstić information content (AvgIpc) is 2.99. The van der Waals surface area contributed by atoms with Crippen LogP contribution >= 0.6 is 0 Å². The summed E-state index contributed by atoms with van der Waals surface area (Å²) in [5, 5.41) is 7.46. The van der Waals surface area contributed by atoms with Gasteiger partial charge in [-0.2, -0.15) is 5.10 Å². The van der Waals surface area contributed by atoms with Crippen molar-refractivity contribution in [3.05, 3.63) is 53.4 Å². The molecule has 2 aliphatic rings. The van der Waals surface area contributed by atoms with E-state index >= 15 is 0 Å². The fourth-order valence-corrected chi connectivity index (χ4v) is 3.40. The molecule has 4 rings (SSSR count). The Labute approximate surface area is 141 Å². The average molecular weight is 349 g/mol. The number of hydrogen-bond acceptors (Lipinski definition) is 4. The van der Waals surface area contributed by atoms with Crippen molar-refractivity contribution in [1.29, 1.82) is 0 Å². The van der Waals surface area contributed by atoms with Crippen LogP contribution in [0.15, 0.2) is 47.8 Å². The third-order valence-corrected chi connectivity index (χ3v) is 4.33. The predicted octanol–water partition coefficient (Wildman–Crippen LogP) is 3.80. The molecule has 5 nitrogen and oxygen atoms in total. The summed E-state index contributed by atoms with van der Waals surface area (Å²) >= 11 is 0. The zero-order chi connectivity index (χ0) is 17.6. The van der Waals surface area contributed by atoms with Gasteiger partial charge in [-0.25, -0.2) is 4.68 Å². The molecule has 0 saturated heterocycles. The van der Waals surface area contributed by atoms with Crippen LogP contribution in [0.25, 0.3) is 0 Å². The summed E-state index contributed by atoms with van der Waals surface area (Å²) in [5.41, 5.74) is 1.90. The molecule has 0 spiro atoms. The van der Waals surface area contributed by atoms with Gasteiger partial charge >= 0.3 is 6.36 Å². The highest BCUT2D eigenvalue weighted by atomic mass is 19.4. The van der Waals surface area contributed by atoms with Crippen LogP contribution in [-0.2, 0) is 4.79 Å². The summed E-state index contributed by atoms with van der Waals surface area (Å²) in [6.45, 7) is 0. The summed E-state index contributed by atoms with van der Waals surface area (Å²) < 4.78 is 43.2. The molecule has 2 aromatic rings. The fraction of sp³-hybridized carbons (Fsp3) is 0.294. The SMILES string of the molecule is O=C1CCCC2=C1C(c1cccc(OC(F)(F)F)c1)n1nccc1N2. The lowest BCUT2D eigenvalue weighted by atomic mass is 9.85. The second kappa shape index (κ2) is 5.65. The first kappa shape index (κ1) is 15.7. The maximum Gasteiger partial charge on any atom is 0.573 e. The van der Waals surface area contributed by atoms with Crippen molar-refractivity contribution in [3.63, 3.8) is 0 Å². The number of aromatic nitrogens is 2. The van der Waals surface area contributed by atoms with Crippen LogP contribution in [0.4, 0.5) is 19.0 Å². The van der Waals surface area contributed by atoms with E-state index in [9.17, 15) is 18.0 Å². The molecular weight excluding hydrogens is 335 g/mol. The number of ether oxygens (including phenoxy) is 1. The van der Waals surface area contributed by atoms with E-state index in [4.69, 9.17) is 0 Å². The molecule has 8 heteroatoms. The number of carbonyl (C=O) groups is 1. The number of hydrogen-bond donors (Lipinski definition) is 1. The molecule has 1 aromatic heterocycles. The van der Waals surface area contributed by atoms with Crippen LogP contribution in [0.5, 0.6) is 5.75 Å². The minimum atomic E-state index is -4.77. The molecule has 0 fully saturated rings. The van der Waals surface area contributed by atoms with E-state index in [-0.39, 0.29) is 11.5 Å². The van der Waals surface area contributed by atoms with Gasteiger partial charge in [0, 0.05) is 23.8 Å². The van der Waals surface area contributed by atoms with Crippen molar-refractivity contribution >= 4 is 11.6 Å². The van der Waals surface area contributed by atoms with Gasteiger partial charge in [0.05, 0.1) is 6.20 Å². The lowest BCUT2D eigenvalue weighted by Crippen LogP contribution is -2.31.